The van der Waals surface area contributed by atoms with Crippen LogP contribution in [-0.2, 0) is 4.79 Å². The molecule has 0 aliphatic rings. The fourth-order valence-electron chi connectivity index (χ4n) is 1.10. The molecule has 0 aliphatic heterocycles. The van der Waals surface area contributed by atoms with Crippen molar-refractivity contribution in [2.45, 2.75) is 19.9 Å². The summed E-state index contributed by atoms with van der Waals surface area (Å²) in [6.07, 6.45) is 0. The van der Waals surface area contributed by atoms with Crippen LogP contribution >= 0.6 is 11.3 Å². The Hall–Kier alpha value is -1.40. The number of hydrogen-bond donors (Lipinski definition) is 3. The van der Waals surface area contributed by atoms with Crippen molar-refractivity contribution in [2.24, 2.45) is 17.4 Å². The summed E-state index contributed by atoms with van der Waals surface area (Å²) < 4.78 is 0. The highest BCUT2D eigenvalue weighted by atomic mass is 32.1. The summed E-state index contributed by atoms with van der Waals surface area (Å²) in [7, 11) is 0. The van der Waals surface area contributed by atoms with Crippen molar-refractivity contribution in [1.82, 2.24) is 0 Å². The van der Waals surface area contributed by atoms with E-state index in [1.807, 2.05) is 13.8 Å². The fourth-order valence-corrected chi connectivity index (χ4v) is 1.89. The highest BCUT2D eigenvalue weighted by Crippen LogP contribution is 2.22. The van der Waals surface area contributed by atoms with Crippen LogP contribution in [0.1, 0.15) is 24.2 Å². The summed E-state index contributed by atoms with van der Waals surface area (Å²) in [5.41, 5.74) is 11.1. The molecule has 0 fully saturated rings. The fraction of sp³-hybridized carbons (Fsp3) is 0.400. The van der Waals surface area contributed by atoms with E-state index in [9.17, 15) is 9.59 Å². The van der Waals surface area contributed by atoms with E-state index in [0.29, 0.717) is 10.6 Å². The second-order valence-electron chi connectivity index (χ2n) is 3.79. The number of nitrogens with two attached hydrogens (primary N) is 2. The van der Waals surface area contributed by atoms with Gasteiger partial charge in [0.15, 0.2) is 0 Å². The SMILES string of the molecule is CC(C)[C@@H](N)C(=O)Nc1sccc1C(N)=O. The van der Waals surface area contributed by atoms with Crippen molar-refractivity contribution in [3.63, 3.8) is 0 Å². The highest BCUT2D eigenvalue weighted by Gasteiger charge is 2.19. The zero-order valence-electron chi connectivity index (χ0n) is 9.19. The van der Waals surface area contributed by atoms with Crippen LogP contribution in [0.25, 0.3) is 0 Å². The van der Waals surface area contributed by atoms with Gasteiger partial charge in [0, 0.05) is 0 Å². The highest BCUT2D eigenvalue weighted by molar-refractivity contribution is 7.14. The van der Waals surface area contributed by atoms with Crippen molar-refractivity contribution in [1.29, 1.82) is 0 Å². The molecule has 0 saturated heterocycles. The molecule has 1 rings (SSSR count). The van der Waals surface area contributed by atoms with Gasteiger partial charge in [0.25, 0.3) is 5.91 Å². The smallest absolute Gasteiger partial charge is 0.251 e. The van der Waals surface area contributed by atoms with E-state index in [0.717, 1.165) is 0 Å². The molecule has 0 aromatic carbocycles. The van der Waals surface area contributed by atoms with E-state index in [1.165, 1.54) is 11.3 Å². The topological polar surface area (TPSA) is 98.2 Å². The Bertz CT molecular complexity index is 401. The number of nitrogens with one attached hydrogen (secondary N) is 1. The van der Waals surface area contributed by atoms with E-state index in [2.05, 4.69) is 5.32 Å². The Morgan fingerprint density at radius 1 is 1.44 bits per heavy atom. The van der Waals surface area contributed by atoms with Gasteiger partial charge in [-0.25, -0.2) is 0 Å². The molecule has 1 atom stereocenters. The number of rotatable bonds is 4. The Kier molecular flexibility index (Phi) is 4.03. The predicted molar refractivity (Wildman–Crippen MR) is 64.3 cm³/mol. The third-order valence-electron chi connectivity index (χ3n) is 2.19. The first-order valence-electron chi connectivity index (χ1n) is 4.87. The van der Waals surface area contributed by atoms with Crippen LogP contribution in [0.15, 0.2) is 11.4 Å². The normalized spacial score (nSPS) is 12.5. The molecule has 0 radical (unpaired) electrons. The van der Waals surface area contributed by atoms with Crippen LogP contribution in [0, 0.1) is 5.92 Å². The minimum absolute atomic E-state index is 0.0389. The zero-order valence-corrected chi connectivity index (χ0v) is 10.0. The van der Waals surface area contributed by atoms with Gasteiger partial charge in [0.1, 0.15) is 5.00 Å². The lowest BCUT2D eigenvalue weighted by atomic mass is 10.1. The number of anilines is 1. The second kappa shape index (κ2) is 5.09. The molecule has 0 saturated carbocycles. The van der Waals surface area contributed by atoms with Crippen molar-refractivity contribution >= 4 is 28.2 Å². The first-order chi connectivity index (χ1) is 7.43. The number of primary amides is 1. The maximum atomic E-state index is 11.6. The summed E-state index contributed by atoms with van der Waals surface area (Å²) in [4.78, 5) is 22.7. The third-order valence-corrected chi connectivity index (χ3v) is 3.02. The molecule has 0 bridgehead atoms. The van der Waals surface area contributed by atoms with Gasteiger partial charge in [0.05, 0.1) is 11.6 Å². The molecule has 0 spiro atoms. The first-order valence-corrected chi connectivity index (χ1v) is 5.75. The van der Waals surface area contributed by atoms with Crippen LogP contribution < -0.4 is 16.8 Å². The van der Waals surface area contributed by atoms with Crippen LogP contribution in [0.2, 0.25) is 0 Å². The number of thiophene rings is 1. The monoisotopic (exact) mass is 241 g/mol. The minimum atomic E-state index is -0.595. The van der Waals surface area contributed by atoms with Crippen LogP contribution in [-0.4, -0.2) is 17.9 Å². The molecule has 16 heavy (non-hydrogen) atoms. The molecule has 0 unspecified atom stereocenters. The van der Waals surface area contributed by atoms with Crippen LogP contribution in [0.5, 0.6) is 0 Å². The molecule has 1 aromatic heterocycles. The Balaban J connectivity index is 2.77. The summed E-state index contributed by atoms with van der Waals surface area (Å²) >= 11 is 1.25. The molecule has 0 aliphatic carbocycles. The molecule has 1 heterocycles. The van der Waals surface area contributed by atoms with E-state index in [4.69, 9.17) is 11.5 Å². The van der Waals surface area contributed by atoms with E-state index in [-0.39, 0.29) is 11.8 Å². The Morgan fingerprint density at radius 2 is 2.06 bits per heavy atom. The maximum absolute atomic E-state index is 11.6. The van der Waals surface area contributed by atoms with Crippen molar-refractivity contribution in [3.05, 3.63) is 17.0 Å². The van der Waals surface area contributed by atoms with E-state index >= 15 is 0 Å². The summed E-state index contributed by atoms with van der Waals surface area (Å²) in [5, 5.41) is 4.75. The van der Waals surface area contributed by atoms with Gasteiger partial charge in [-0.2, -0.15) is 0 Å². The summed E-state index contributed by atoms with van der Waals surface area (Å²) in [6, 6.07) is 0.978. The quantitative estimate of drug-likeness (QED) is 0.726. The van der Waals surface area contributed by atoms with Crippen molar-refractivity contribution in [3.8, 4) is 0 Å². The van der Waals surface area contributed by atoms with Gasteiger partial charge in [-0.15, -0.1) is 11.3 Å². The molecule has 6 heteroatoms. The lowest BCUT2D eigenvalue weighted by molar-refractivity contribution is -0.118. The molecule has 88 valence electrons. The number of hydrogen-bond acceptors (Lipinski definition) is 4. The van der Waals surface area contributed by atoms with Crippen LogP contribution in [0.3, 0.4) is 0 Å². The standard InChI is InChI=1S/C10H15N3O2S/c1-5(2)7(11)9(15)13-10-6(8(12)14)3-4-16-10/h3-5,7H,11H2,1-2H3,(H2,12,14)(H,13,15)/t7-/m1/s1. The lowest BCUT2D eigenvalue weighted by Gasteiger charge is -2.14. The minimum Gasteiger partial charge on any atom is -0.366 e. The predicted octanol–water partition coefficient (Wildman–Crippen LogP) is 0.769. The molecule has 5 nitrogen and oxygen atoms in total. The van der Waals surface area contributed by atoms with Crippen molar-refractivity contribution < 1.29 is 9.59 Å². The van der Waals surface area contributed by atoms with Gasteiger partial charge in [-0.3, -0.25) is 9.59 Å². The Labute approximate surface area is 97.8 Å². The third kappa shape index (κ3) is 2.80. The number of carbonyl (C=O) groups is 2. The zero-order chi connectivity index (χ0) is 12.3. The summed E-state index contributed by atoms with van der Waals surface area (Å²) in [6.45, 7) is 3.71. The van der Waals surface area contributed by atoms with Crippen molar-refractivity contribution in [2.75, 3.05) is 5.32 Å². The molecule has 5 N–H and O–H groups in total. The largest absolute Gasteiger partial charge is 0.366 e. The summed E-state index contributed by atoms with van der Waals surface area (Å²) in [5.74, 6) is -0.827. The first kappa shape index (κ1) is 12.7. The molecule has 1 aromatic rings. The van der Waals surface area contributed by atoms with E-state index < -0.39 is 11.9 Å². The van der Waals surface area contributed by atoms with Gasteiger partial charge in [-0.1, -0.05) is 13.8 Å². The molecular weight excluding hydrogens is 226 g/mol. The average molecular weight is 241 g/mol. The average Bonchev–Trinajstić information content (AvgIpc) is 2.64. The number of carbonyl (C=O) groups excluding carboxylic acids is 2. The van der Waals surface area contributed by atoms with Gasteiger partial charge in [0.2, 0.25) is 5.91 Å². The second-order valence-corrected chi connectivity index (χ2v) is 4.70. The lowest BCUT2D eigenvalue weighted by Crippen LogP contribution is -2.39. The van der Waals surface area contributed by atoms with Gasteiger partial charge >= 0.3 is 0 Å². The molecular formula is C10H15N3O2S. The molecule has 2 amide bonds. The van der Waals surface area contributed by atoms with Crippen LogP contribution in [0.4, 0.5) is 5.00 Å². The van der Waals surface area contributed by atoms with E-state index in [1.54, 1.807) is 11.4 Å². The maximum Gasteiger partial charge on any atom is 0.251 e. The van der Waals surface area contributed by atoms with Gasteiger partial charge in [-0.05, 0) is 17.4 Å². The van der Waals surface area contributed by atoms with Gasteiger partial charge < -0.3 is 16.8 Å². The Morgan fingerprint density at radius 3 is 2.56 bits per heavy atom. The number of amides is 2.